The highest BCUT2D eigenvalue weighted by Gasteiger charge is 2.29. The Bertz CT molecular complexity index is 3070. The number of anilines is 3. The Morgan fingerprint density at radius 3 is 1.93 bits per heavy atom. The van der Waals surface area contributed by atoms with Gasteiger partial charge >= 0.3 is 11.9 Å². The third-order valence-corrected chi connectivity index (χ3v) is 14.1. The zero-order chi connectivity index (χ0) is 48.6. The van der Waals surface area contributed by atoms with Gasteiger partial charge in [0.1, 0.15) is 4.70 Å². The summed E-state index contributed by atoms with van der Waals surface area (Å²) < 4.78 is 66.3. The van der Waals surface area contributed by atoms with Gasteiger partial charge in [-0.1, -0.05) is 65.6 Å². The molecule has 0 fully saturated rings. The Labute approximate surface area is 403 Å². The second kappa shape index (κ2) is 21.6. The first-order valence-electron chi connectivity index (χ1n) is 21.4. The van der Waals surface area contributed by atoms with Crippen molar-refractivity contribution in [3.8, 4) is 0 Å². The van der Waals surface area contributed by atoms with Gasteiger partial charge in [-0.05, 0) is 110 Å². The number of ether oxygens (including phenoxy) is 2. The van der Waals surface area contributed by atoms with Crippen LogP contribution in [0, 0.1) is 0 Å². The van der Waals surface area contributed by atoms with Gasteiger partial charge in [-0.25, -0.2) is 26.4 Å². The zero-order valence-corrected chi connectivity index (χ0v) is 40.9. The SMILES string of the molecule is COC(=O)c1ccc2c(c1)N(CCCC(=O)[N-]S(C)(=O)=O)/C(=C/C=C1\CCC(/C=C/c3sc4ccc(C(=O)OC)cc4[n+]3CCCC(=O)[N-]S(C)(=O)=O)=C1N(c1ccccc1)c1ccccc1)S2. The number of benzene rings is 4. The van der Waals surface area contributed by atoms with Gasteiger partial charge in [-0.15, -0.1) is 0 Å². The number of rotatable bonds is 18. The number of thioether (sulfide) groups is 1. The lowest BCUT2D eigenvalue weighted by Gasteiger charge is -2.28. The van der Waals surface area contributed by atoms with Crippen LogP contribution >= 0.6 is 23.1 Å². The summed E-state index contributed by atoms with van der Waals surface area (Å²) in [6, 6.07) is 30.7. The minimum Gasteiger partial charge on any atom is -0.546 e. The highest BCUT2D eigenvalue weighted by molar-refractivity contribution is 8.03. The number of amides is 2. The van der Waals surface area contributed by atoms with E-state index in [-0.39, 0.29) is 25.7 Å². The summed E-state index contributed by atoms with van der Waals surface area (Å²) in [5.74, 6) is -2.46. The maximum absolute atomic E-state index is 12.6. The Morgan fingerprint density at radius 1 is 0.735 bits per heavy atom. The van der Waals surface area contributed by atoms with Crippen LogP contribution in [0.5, 0.6) is 0 Å². The molecule has 19 heteroatoms. The van der Waals surface area contributed by atoms with E-state index in [0.29, 0.717) is 37.1 Å². The van der Waals surface area contributed by atoms with Crippen LogP contribution in [-0.2, 0) is 45.7 Å². The molecule has 1 aliphatic heterocycles. The van der Waals surface area contributed by atoms with Crippen molar-refractivity contribution in [2.75, 3.05) is 43.1 Å². The Hall–Kier alpha value is -6.54. The molecule has 15 nitrogen and oxygen atoms in total. The normalized spacial score (nSPS) is 15.0. The average molecular weight is 995 g/mol. The fourth-order valence-electron chi connectivity index (χ4n) is 7.87. The second-order valence-electron chi connectivity index (χ2n) is 15.7. The fourth-order valence-corrected chi connectivity index (χ4v) is 10.9. The van der Waals surface area contributed by atoms with Gasteiger partial charge < -0.3 is 38.3 Å². The third kappa shape index (κ3) is 12.3. The van der Waals surface area contributed by atoms with E-state index in [2.05, 4.69) is 26.5 Å². The molecule has 5 aromatic rings. The second-order valence-corrected chi connectivity index (χ2v) is 21.2. The average Bonchev–Trinajstić information content (AvgIpc) is 3.98. The molecule has 4 aromatic carbocycles. The van der Waals surface area contributed by atoms with E-state index in [1.807, 2.05) is 94.4 Å². The number of aromatic nitrogens is 1. The lowest BCUT2D eigenvalue weighted by molar-refractivity contribution is -0.669. The lowest BCUT2D eigenvalue weighted by atomic mass is 10.1. The van der Waals surface area contributed by atoms with Gasteiger partial charge in [0.2, 0.25) is 5.52 Å². The number of allylic oxidation sites excluding steroid dienone is 5. The van der Waals surface area contributed by atoms with Gasteiger partial charge in [-0.2, -0.15) is 4.57 Å². The van der Waals surface area contributed by atoms with Crippen molar-refractivity contribution in [2.24, 2.45) is 0 Å². The summed E-state index contributed by atoms with van der Waals surface area (Å²) in [6.45, 7) is 0.664. The standard InChI is InChI=1S/C49H49N5O10S4/c1-63-48(57)35-21-25-41-39(31-35)52(29-11-17-43(55)50-67(3,59)60)45(65-41)27-23-33-19-20-34(47(33)54(37-13-7-5-8-14-37)38-15-9-6-10-16-38)24-28-46-53(30-12-18-44(56)51-68(4,61)62)40-32-36(49(58)64-2)22-26-42(40)66-46/h5-10,13-16,21-28,31-32H,11-12,17-20,29-30H2,1-4H3,(H-,50,51,55,56)/p-1. The molecule has 0 saturated heterocycles. The molecule has 0 spiro atoms. The molecule has 0 unspecified atom stereocenters. The number of methoxy groups -OCH3 is 2. The number of hydrogen-bond acceptors (Lipinski definition) is 14. The van der Waals surface area contributed by atoms with Gasteiger partial charge in [0.25, 0.3) is 5.01 Å². The highest BCUT2D eigenvalue weighted by Crippen LogP contribution is 2.48. The summed E-state index contributed by atoms with van der Waals surface area (Å²) >= 11 is 3.02. The third-order valence-electron chi connectivity index (χ3n) is 10.8. The van der Waals surface area contributed by atoms with Gasteiger partial charge in [0.05, 0.1) is 73.6 Å². The Morgan fingerprint density at radius 2 is 1.32 bits per heavy atom. The predicted molar refractivity (Wildman–Crippen MR) is 266 cm³/mol. The number of thiazole rings is 1. The van der Waals surface area contributed by atoms with Crippen molar-refractivity contribution in [3.63, 3.8) is 0 Å². The van der Waals surface area contributed by atoms with E-state index < -0.39 is 43.8 Å². The number of aryl methyl sites for hydroxylation is 1. The molecule has 2 amide bonds. The van der Waals surface area contributed by atoms with Crippen molar-refractivity contribution in [1.82, 2.24) is 0 Å². The van der Waals surface area contributed by atoms with Crippen LogP contribution < -0.4 is 14.4 Å². The molecule has 0 bridgehead atoms. The van der Waals surface area contributed by atoms with Crippen LogP contribution in [-0.4, -0.2) is 73.9 Å². The Kier molecular flexibility index (Phi) is 15.7. The molecular weight excluding hydrogens is 947 g/mol. The highest BCUT2D eigenvalue weighted by atomic mass is 32.2. The number of sulfonamides is 2. The van der Waals surface area contributed by atoms with Crippen molar-refractivity contribution >= 4 is 100 Å². The molecule has 1 aromatic heterocycles. The molecule has 354 valence electrons. The van der Waals surface area contributed by atoms with Crippen LogP contribution in [0.4, 0.5) is 17.1 Å². The largest absolute Gasteiger partial charge is 0.546 e. The molecule has 0 radical (unpaired) electrons. The van der Waals surface area contributed by atoms with E-state index in [0.717, 1.165) is 71.6 Å². The number of fused-ring (bicyclic) bond motifs is 2. The molecule has 2 heterocycles. The number of esters is 2. The minimum absolute atomic E-state index is 0.0936. The number of nitrogens with zero attached hydrogens (tertiary/aromatic N) is 5. The first kappa shape index (κ1) is 49.4. The molecule has 0 N–H and O–H groups in total. The van der Waals surface area contributed by atoms with Gasteiger partial charge in [-0.3, -0.25) is 0 Å². The van der Waals surface area contributed by atoms with Crippen molar-refractivity contribution < 1.29 is 50.1 Å². The number of carbonyl (C=O) groups is 4. The minimum atomic E-state index is -3.84. The van der Waals surface area contributed by atoms with E-state index >= 15 is 0 Å². The van der Waals surface area contributed by atoms with E-state index in [4.69, 9.17) is 9.47 Å². The molecule has 1 aliphatic carbocycles. The summed E-state index contributed by atoms with van der Waals surface area (Å²) in [7, 11) is -5.06. The molecule has 68 heavy (non-hydrogen) atoms. The molecule has 7 rings (SSSR count). The van der Waals surface area contributed by atoms with Crippen LogP contribution in [0.1, 0.15) is 64.2 Å². The monoisotopic (exact) mass is 994 g/mol. The number of hydrogen-bond donors (Lipinski definition) is 0. The van der Waals surface area contributed by atoms with E-state index in [1.54, 1.807) is 24.3 Å². The summed E-state index contributed by atoms with van der Waals surface area (Å²) in [4.78, 5) is 55.3. The lowest BCUT2D eigenvalue weighted by Crippen LogP contribution is -2.35. The van der Waals surface area contributed by atoms with Crippen molar-refractivity contribution in [3.05, 3.63) is 163 Å². The first-order chi connectivity index (χ1) is 32.5. The summed E-state index contributed by atoms with van der Waals surface area (Å²) in [5, 5.41) is 1.66. The predicted octanol–water partition coefficient (Wildman–Crippen LogP) is 9.32. The fraction of sp³-hybridized carbons (Fsp3) is 0.245. The molecular formula is C49H48N5O10S4-. The van der Waals surface area contributed by atoms with Gasteiger partial charge in [0.15, 0.2) is 6.54 Å². The van der Waals surface area contributed by atoms with Crippen LogP contribution in [0.3, 0.4) is 0 Å². The first-order valence-corrected chi connectivity index (χ1v) is 26.7. The molecule has 0 atom stereocenters. The Balaban J connectivity index is 1.32. The zero-order valence-electron chi connectivity index (χ0n) is 37.7. The van der Waals surface area contributed by atoms with Crippen LogP contribution in [0.15, 0.2) is 142 Å². The van der Waals surface area contributed by atoms with Crippen molar-refractivity contribution in [1.29, 1.82) is 0 Å². The summed E-state index contributed by atoms with van der Waals surface area (Å²) in [6.07, 6.45) is 11.7. The topological polar surface area (TPSA) is 194 Å². The van der Waals surface area contributed by atoms with Crippen LogP contribution in [0.25, 0.3) is 25.7 Å². The quantitative estimate of drug-likeness (QED) is 0.0596. The maximum atomic E-state index is 12.6. The van der Waals surface area contributed by atoms with E-state index in [9.17, 15) is 36.0 Å². The van der Waals surface area contributed by atoms with Crippen molar-refractivity contribution in [2.45, 2.75) is 50.0 Å². The summed E-state index contributed by atoms with van der Waals surface area (Å²) in [5.41, 5.74) is 7.09. The maximum Gasteiger partial charge on any atom is 0.338 e. The van der Waals surface area contributed by atoms with Gasteiger partial charge in [0, 0.05) is 53.9 Å². The number of carbonyl (C=O) groups excluding carboxylic acids is 4. The molecule has 0 saturated carbocycles. The smallest absolute Gasteiger partial charge is 0.338 e. The van der Waals surface area contributed by atoms with Crippen LogP contribution in [0.2, 0.25) is 0 Å². The number of para-hydroxylation sites is 2. The van der Waals surface area contributed by atoms with E-state index in [1.165, 1.54) is 37.3 Å². The molecule has 2 aliphatic rings.